The first kappa shape index (κ1) is 11.1. The molecule has 0 bridgehead atoms. The lowest BCUT2D eigenvalue weighted by Crippen LogP contribution is -2.35. The van der Waals surface area contributed by atoms with Gasteiger partial charge in [-0.15, -0.1) is 0 Å². The van der Waals surface area contributed by atoms with Gasteiger partial charge in [-0.2, -0.15) is 0 Å². The summed E-state index contributed by atoms with van der Waals surface area (Å²) in [5.41, 5.74) is 1.64. The monoisotopic (exact) mass is 237 g/mol. The van der Waals surface area contributed by atoms with Crippen molar-refractivity contribution in [2.75, 3.05) is 6.54 Å². The molecule has 92 valence electrons. The summed E-state index contributed by atoms with van der Waals surface area (Å²) in [6.07, 6.45) is 1.27. The quantitative estimate of drug-likeness (QED) is 0.789. The third kappa shape index (κ3) is 1.77. The highest BCUT2D eigenvalue weighted by molar-refractivity contribution is 5.26. The molecule has 2 unspecified atom stereocenters. The van der Waals surface area contributed by atoms with Crippen molar-refractivity contribution < 1.29 is 8.78 Å². The standard InChI is InChI=1S/C14H17F2N/c1-10-2-4-11(5-3-10)12-8-13(6-7-17-12)9-14(13,15)16/h2-5,12,17H,6-9H2,1H3. The van der Waals surface area contributed by atoms with Gasteiger partial charge in [-0.1, -0.05) is 29.8 Å². The molecule has 3 rings (SSSR count). The van der Waals surface area contributed by atoms with E-state index in [9.17, 15) is 8.78 Å². The smallest absolute Gasteiger partial charge is 0.254 e. The van der Waals surface area contributed by atoms with E-state index >= 15 is 0 Å². The topological polar surface area (TPSA) is 12.0 Å². The molecule has 1 nitrogen and oxygen atoms in total. The molecule has 1 aliphatic heterocycles. The van der Waals surface area contributed by atoms with Crippen LogP contribution in [0.3, 0.4) is 0 Å². The zero-order chi connectivity index (χ0) is 12.1. The third-order valence-corrected chi connectivity index (χ3v) is 4.28. The molecular weight excluding hydrogens is 220 g/mol. The molecule has 0 aromatic heterocycles. The summed E-state index contributed by atoms with van der Waals surface area (Å²) in [6.45, 7) is 2.74. The van der Waals surface area contributed by atoms with Crippen molar-refractivity contribution in [3.63, 3.8) is 0 Å². The summed E-state index contributed by atoms with van der Waals surface area (Å²) in [4.78, 5) is 0. The highest BCUT2D eigenvalue weighted by Crippen LogP contribution is 2.67. The number of nitrogens with one attached hydrogen (secondary N) is 1. The second-order valence-corrected chi connectivity index (χ2v) is 5.53. The fourth-order valence-corrected chi connectivity index (χ4v) is 2.96. The van der Waals surface area contributed by atoms with Crippen LogP contribution in [0.4, 0.5) is 8.78 Å². The van der Waals surface area contributed by atoms with Crippen LogP contribution in [0.1, 0.15) is 36.4 Å². The van der Waals surface area contributed by atoms with Gasteiger partial charge in [0.25, 0.3) is 5.92 Å². The van der Waals surface area contributed by atoms with Gasteiger partial charge in [0.05, 0.1) is 0 Å². The molecule has 0 radical (unpaired) electrons. The Kier molecular flexibility index (Phi) is 2.31. The van der Waals surface area contributed by atoms with Crippen LogP contribution >= 0.6 is 0 Å². The van der Waals surface area contributed by atoms with Crippen molar-refractivity contribution in [2.24, 2.45) is 5.41 Å². The van der Waals surface area contributed by atoms with E-state index in [1.54, 1.807) is 0 Å². The van der Waals surface area contributed by atoms with Gasteiger partial charge >= 0.3 is 0 Å². The van der Waals surface area contributed by atoms with Crippen molar-refractivity contribution in [1.29, 1.82) is 0 Å². The fourth-order valence-electron chi connectivity index (χ4n) is 2.96. The van der Waals surface area contributed by atoms with E-state index in [0.717, 1.165) is 5.56 Å². The van der Waals surface area contributed by atoms with Crippen LogP contribution in [0.25, 0.3) is 0 Å². The molecule has 2 aliphatic rings. The Hall–Kier alpha value is -0.960. The maximum absolute atomic E-state index is 13.4. The third-order valence-electron chi connectivity index (χ3n) is 4.28. The largest absolute Gasteiger partial charge is 0.310 e. The van der Waals surface area contributed by atoms with E-state index in [-0.39, 0.29) is 12.5 Å². The minimum absolute atomic E-state index is 0.0873. The molecule has 0 amide bonds. The molecule has 1 aliphatic carbocycles. The number of halogens is 2. The van der Waals surface area contributed by atoms with Gasteiger partial charge in [0, 0.05) is 17.9 Å². The lowest BCUT2D eigenvalue weighted by Gasteiger charge is -2.31. The van der Waals surface area contributed by atoms with E-state index in [1.165, 1.54) is 5.56 Å². The Balaban J connectivity index is 1.79. The first-order valence-corrected chi connectivity index (χ1v) is 6.20. The summed E-state index contributed by atoms with van der Waals surface area (Å²) >= 11 is 0. The second kappa shape index (κ2) is 3.52. The number of rotatable bonds is 1. The van der Waals surface area contributed by atoms with Gasteiger partial charge in [-0.25, -0.2) is 8.78 Å². The highest BCUT2D eigenvalue weighted by Gasteiger charge is 2.71. The Labute approximate surface area is 100 Å². The number of alkyl halides is 2. The predicted molar refractivity (Wildman–Crippen MR) is 63.2 cm³/mol. The van der Waals surface area contributed by atoms with E-state index in [4.69, 9.17) is 0 Å². The SMILES string of the molecule is Cc1ccc(C2CC3(CCN2)CC3(F)F)cc1. The summed E-state index contributed by atoms with van der Waals surface area (Å²) in [7, 11) is 0. The lowest BCUT2D eigenvalue weighted by atomic mass is 9.85. The zero-order valence-electron chi connectivity index (χ0n) is 9.97. The van der Waals surface area contributed by atoms with Crippen LogP contribution in [-0.2, 0) is 0 Å². The van der Waals surface area contributed by atoms with Gasteiger partial charge in [0.1, 0.15) is 0 Å². The Bertz CT molecular complexity index is 426. The molecule has 2 atom stereocenters. The van der Waals surface area contributed by atoms with Crippen molar-refractivity contribution >= 4 is 0 Å². The van der Waals surface area contributed by atoms with E-state index in [0.29, 0.717) is 19.4 Å². The number of hydrogen-bond acceptors (Lipinski definition) is 1. The molecule has 1 spiro atoms. The van der Waals surface area contributed by atoms with E-state index < -0.39 is 11.3 Å². The average Bonchev–Trinajstić information content (AvgIpc) is 2.80. The summed E-state index contributed by atoms with van der Waals surface area (Å²) in [5, 5.41) is 3.35. The maximum Gasteiger partial charge on any atom is 0.254 e. The van der Waals surface area contributed by atoms with Crippen molar-refractivity contribution in [1.82, 2.24) is 5.32 Å². The maximum atomic E-state index is 13.4. The lowest BCUT2D eigenvalue weighted by molar-refractivity contribution is 0.0433. The number of benzene rings is 1. The molecule has 3 heteroatoms. The highest BCUT2D eigenvalue weighted by atomic mass is 19.3. The van der Waals surface area contributed by atoms with E-state index in [1.807, 2.05) is 31.2 Å². The van der Waals surface area contributed by atoms with Crippen molar-refractivity contribution in [3.8, 4) is 0 Å². The van der Waals surface area contributed by atoms with Crippen LogP contribution < -0.4 is 5.32 Å². The van der Waals surface area contributed by atoms with Crippen molar-refractivity contribution in [2.45, 2.75) is 38.2 Å². The van der Waals surface area contributed by atoms with Gasteiger partial charge in [0.15, 0.2) is 0 Å². The minimum Gasteiger partial charge on any atom is -0.310 e. The van der Waals surface area contributed by atoms with Crippen LogP contribution in [0.5, 0.6) is 0 Å². The molecule has 1 heterocycles. The van der Waals surface area contributed by atoms with Crippen LogP contribution in [0.2, 0.25) is 0 Å². The first-order valence-electron chi connectivity index (χ1n) is 6.20. The number of aryl methyl sites for hydroxylation is 1. The average molecular weight is 237 g/mol. The van der Waals surface area contributed by atoms with Crippen LogP contribution in [0, 0.1) is 12.3 Å². The molecule has 17 heavy (non-hydrogen) atoms. The Morgan fingerprint density at radius 2 is 1.88 bits per heavy atom. The van der Waals surface area contributed by atoms with Gasteiger partial charge in [0.2, 0.25) is 0 Å². The summed E-state index contributed by atoms with van der Waals surface area (Å²) in [6, 6.07) is 8.28. The molecule has 1 saturated carbocycles. The summed E-state index contributed by atoms with van der Waals surface area (Å²) < 4.78 is 26.8. The molecule has 1 aromatic carbocycles. The first-order chi connectivity index (χ1) is 8.02. The van der Waals surface area contributed by atoms with E-state index in [2.05, 4.69) is 5.32 Å². The number of hydrogen-bond donors (Lipinski definition) is 1. The van der Waals surface area contributed by atoms with Gasteiger partial charge < -0.3 is 5.32 Å². The van der Waals surface area contributed by atoms with Gasteiger partial charge in [-0.3, -0.25) is 0 Å². The molecular formula is C14H17F2N. The second-order valence-electron chi connectivity index (χ2n) is 5.53. The Morgan fingerprint density at radius 1 is 1.24 bits per heavy atom. The zero-order valence-corrected chi connectivity index (χ0v) is 9.97. The Morgan fingerprint density at radius 3 is 2.47 bits per heavy atom. The normalized spacial score (nSPS) is 34.9. The molecule has 1 saturated heterocycles. The van der Waals surface area contributed by atoms with Gasteiger partial charge in [-0.05, 0) is 31.9 Å². The van der Waals surface area contributed by atoms with Crippen molar-refractivity contribution in [3.05, 3.63) is 35.4 Å². The number of piperidine rings is 1. The molecule has 1 N–H and O–H groups in total. The van der Waals surface area contributed by atoms with Crippen LogP contribution in [0.15, 0.2) is 24.3 Å². The fraction of sp³-hybridized carbons (Fsp3) is 0.571. The predicted octanol–water partition coefficient (Wildman–Crippen LogP) is 3.44. The molecule has 1 aromatic rings. The van der Waals surface area contributed by atoms with Crippen LogP contribution in [-0.4, -0.2) is 12.5 Å². The molecule has 2 fully saturated rings. The summed E-state index contributed by atoms with van der Waals surface area (Å²) in [5.74, 6) is -2.42. The minimum atomic E-state index is -2.42.